The van der Waals surface area contributed by atoms with Gasteiger partial charge in [-0.25, -0.2) is 38.7 Å². The van der Waals surface area contributed by atoms with Crippen LogP contribution >= 0.6 is 0 Å². The van der Waals surface area contributed by atoms with Crippen molar-refractivity contribution in [3.05, 3.63) is 114 Å². The van der Waals surface area contributed by atoms with Crippen LogP contribution < -0.4 is 25.3 Å². The second-order valence-corrected chi connectivity index (χ2v) is 32.5. The van der Waals surface area contributed by atoms with Crippen LogP contribution in [0.5, 0.6) is 0 Å². The highest BCUT2D eigenvalue weighted by Crippen LogP contribution is 2.58. The third-order valence-corrected chi connectivity index (χ3v) is 21.2. The maximum atomic E-state index is 13.4. The number of hydrogen-bond donors (Lipinski definition) is 7. The number of aliphatic hydroxyl groups excluding tert-OH is 2. The highest BCUT2D eigenvalue weighted by Gasteiger charge is 2.57. The SMILES string of the molecule is C[Si](C)(C)CCOCn1ccc2c(N3CC[C@@H](C(=O)O)C4(CC4)C3)ncnc21.Cc1cc([C@@H](O)CNC(=O)[C@@H]2CCN(c3ncnc4[nH]ccc34)CC23CC3)ncc1F.Cc1cc([C@H](O)CNC(=O)[C@@H]2CCN(c3ncnc4[nH]ccc34)CC23CC3)ncc1F. The van der Waals surface area contributed by atoms with Gasteiger partial charge in [0.1, 0.15) is 84.0 Å². The van der Waals surface area contributed by atoms with E-state index in [2.05, 4.69) is 101 Å². The van der Waals surface area contributed by atoms with E-state index in [1.54, 1.807) is 32.8 Å². The number of rotatable bonds is 17. The van der Waals surface area contributed by atoms with E-state index in [1.807, 2.05) is 35.3 Å². The Morgan fingerprint density at radius 3 is 1.50 bits per heavy atom. The summed E-state index contributed by atoms with van der Waals surface area (Å²) in [4.78, 5) is 85.0. The van der Waals surface area contributed by atoms with E-state index in [0.717, 1.165) is 166 Å². The van der Waals surface area contributed by atoms with E-state index in [9.17, 15) is 38.5 Å². The van der Waals surface area contributed by atoms with Crippen molar-refractivity contribution in [2.75, 3.05) is 73.7 Å². The molecule has 3 saturated carbocycles. The van der Waals surface area contributed by atoms with Crippen LogP contribution in [0, 0.1) is 59.5 Å². The summed E-state index contributed by atoms with van der Waals surface area (Å²) in [5, 5.41) is 39.1. The number of amides is 2. The summed E-state index contributed by atoms with van der Waals surface area (Å²) < 4.78 is 34.7. The first kappa shape index (κ1) is 62.1. The van der Waals surface area contributed by atoms with Crippen molar-refractivity contribution >= 4 is 76.4 Å². The maximum Gasteiger partial charge on any atom is 0.307 e. The molecular weight excluding hydrogens is 1170 g/mol. The number of aromatic amines is 2. The van der Waals surface area contributed by atoms with Crippen molar-refractivity contribution in [2.24, 2.45) is 34.0 Å². The Kier molecular flexibility index (Phi) is 17.5. The average Bonchev–Trinajstić information content (AvgIpc) is 1.62. The Balaban J connectivity index is 0.000000131. The molecule has 14 rings (SSSR count). The van der Waals surface area contributed by atoms with Gasteiger partial charge in [0.2, 0.25) is 11.8 Å². The number of aliphatic hydroxyl groups is 2. The first-order chi connectivity index (χ1) is 43.2. The van der Waals surface area contributed by atoms with Gasteiger partial charge in [0.25, 0.3) is 0 Å². The first-order valence-electron chi connectivity index (χ1n) is 31.3. The highest BCUT2D eigenvalue weighted by atomic mass is 28.3. The van der Waals surface area contributed by atoms with Gasteiger partial charge in [0, 0.05) is 103 Å². The third kappa shape index (κ3) is 13.2. The number of carbonyl (C=O) groups excluding carboxylic acids is 2. The van der Waals surface area contributed by atoms with E-state index >= 15 is 0 Å². The number of aromatic nitrogens is 11. The Morgan fingerprint density at radius 1 is 0.633 bits per heavy atom. The standard InChI is InChI=1S/2C22H25FN6O2.C20H30N4O3Si/c2*1-13-8-17(25-9-16(13)23)18(30)10-26-21(31)15-3-7-29(11-22(15)4-5-22)20-14-2-6-24-19(14)27-12-28-20;1-28(2,3)11-10-27-14-24-8-4-15-17(21-13-22-18(15)24)23-9-5-16(19(25)26)20(12-23)6-7-20/h2*2,6,8-9,12,15,18,30H,3-5,7,10-11H2,1H3,(H,26,31)(H,24,27,28);4,8,13,16H,5-7,9-12,14H2,1-3H3,(H,25,26)/t15-,18+;15-,18-;16-/m000/s1. The van der Waals surface area contributed by atoms with Gasteiger partial charge in [-0.2, -0.15) is 0 Å². The number of ether oxygens (including phenoxy) is 1. The molecule has 0 unspecified atom stereocenters. The zero-order valence-electron chi connectivity index (χ0n) is 51.6. The zero-order chi connectivity index (χ0) is 63.1. The van der Waals surface area contributed by atoms with Crippen LogP contribution in [-0.2, 0) is 25.9 Å². The molecule has 0 aromatic carbocycles. The number of aliphatic carboxylic acids is 1. The number of fused-ring (bicyclic) bond motifs is 3. The monoisotopic (exact) mass is 1250 g/mol. The third-order valence-electron chi connectivity index (χ3n) is 19.5. The van der Waals surface area contributed by atoms with Crippen LogP contribution in [0.1, 0.15) is 92.5 Å². The van der Waals surface area contributed by atoms with Crippen molar-refractivity contribution in [1.29, 1.82) is 0 Å². The van der Waals surface area contributed by atoms with Crippen LogP contribution in [0.15, 0.2) is 80.3 Å². The molecule has 6 fully saturated rings. The number of nitrogens with one attached hydrogen (secondary N) is 4. The summed E-state index contributed by atoms with van der Waals surface area (Å²) in [5.41, 5.74) is 3.89. The summed E-state index contributed by atoms with van der Waals surface area (Å²) in [7, 11) is -1.09. The lowest BCUT2D eigenvalue weighted by Crippen LogP contribution is -2.48. The van der Waals surface area contributed by atoms with Gasteiger partial charge in [-0.1, -0.05) is 19.6 Å². The highest BCUT2D eigenvalue weighted by molar-refractivity contribution is 6.76. The molecule has 3 aliphatic heterocycles. The number of carboxylic acids is 1. The predicted molar refractivity (Wildman–Crippen MR) is 337 cm³/mol. The molecule has 6 aliphatic rings. The van der Waals surface area contributed by atoms with Crippen LogP contribution in [0.2, 0.25) is 25.7 Å². The van der Waals surface area contributed by atoms with E-state index < -0.39 is 37.9 Å². The van der Waals surface area contributed by atoms with Crippen LogP contribution in [0.3, 0.4) is 0 Å². The van der Waals surface area contributed by atoms with Gasteiger partial charge in [-0.05, 0) is 130 Å². The van der Waals surface area contributed by atoms with E-state index in [1.165, 1.54) is 12.1 Å². The van der Waals surface area contributed by atoms with Crippen molar-refractivity contribution < 1.29 is 43.2 Å². The van der Waals surface area contributed by atoms with Crippen LogP contribution in [0.25, 0.3) is 33.1 Å². The fourth-order valence-electron chi connectivity index (χ4n) is 13.7. The number of carboxylic acid groups (broad SMARTS) is 1. The normalized spacial score (nSPS) is 20.9. The molecule has 8 aromatic heterocycles. The summed E-state index contributed by atoms with van der Waals surface area (Å²) in [6.07, 6.45) is 18.9. The Labute approximate surface area is 520 Å². The van der Waals surface area contributed by atoms with E-state index in [0.29, 0.717) is 35.7 Å². The largest absolute Gasteiger partial charge is 0.481 e. The predicted octanol–water partition coefficient (Wildman–Crippen LogP) is 7.95. The van der Waals surface area contributed by atoms with Gasteiger partial charge in [0.15, 0.2) is 0 Å². The summed E-state index contributed by atoms with van der Waals surface area (Å²) in [5.74, 6) is 0.775. The lowest BCUT2D eigenvalue weighted by Gasteiger charge is -2.39. The molecule has 0 bridgehead atoms. The van der Waals surface area contributed by atoms with E-state index in [-0.39, 0.29) is 58.9 Å². The minimum absolute atomic E-state index is 0.0375. The number of halogens is 2. The van der Waals surface area contributed by atoms with E-state index in [4.69, 9.17) is 4.74 Å². The molecule has 2 amide bonds. The molecule has 8 aromatic rings. The molecule has 3 spiro atoms. The topological polar surface area (TPSA) is 295 Å². The van der Waals surface area contributed by atoms with Crippen LogP contribution in [0.4, 0.5) is 26.2 Å². The maximum absolute atomic E-state index is 13.4. The number of H-pyrrole nitrogens is 2. The smallest absolute Gasteiger partial charge is 0.307 e. The summed E-state index contributed by atoms with van der Waals surface area (Å²) >= 11 is 0. The second-order valence-electron chi connectivity index (χ2n) is 26.9. The van der Waals surface area contributed by atoms with Gasteiger partial charge in [-0.15, -0.1) is 0 Å². The average molecular weight is 1250 g/mol. The van der Waals surface area contributed by atoms with Crippen molar-refractivity contribution in [2.45, 2.75) is 116 Å². The first-order valence-corrected chi connectivity index (χ1v) is 35.0. The van der Waals surface area contributed by atoms with Crippen molar-refractivity contribution in [3.63, 3.8) is 0 Å². The minimum atomic E-state index is -1.09. The second kappa shape index (κ2) is 25.3. The molecule has 476 valence electrons. The number of hydrogen-bond acceptors (Lipinski definition) is 17. The molecule has 3 saturated heterocycles. The molecule has 3 aliphatic carbocycles. The number of piperidine rings is 3. The van der Waals surface area contributed by atoms with Crippen LogP contribution in [-0.4, -0.2) is 155 Å². The molecular formula is C64H80F2N16O7Si. The number of carbonyl (C=O) groups is 3. The molecule has 0 radical (unpaired) electrons. The quantitative estimate of drug-likeness (QED) is 0.0336. The molecule has 90 heavy (non-hydrogen) atoms. The minimum Gasteiger partial charge on any atom is -0.481 e. The molecule has 11 heterocycles. The fraction of sp³-hybridized carbons (Fsp3) is 0.516. The molecule has 26 heteroatoms. The Morgan fingerprint density at radius 2 is 1.07 bits per heavy atom. The lowest BCUT2D eigenvalue weighted by molar-refractivity contribution is -0.145. The molecule has 23 nitrogen and oxygen atoms in total. The Hall–Kier alpha value is -8.07. The molecule has 7 N–H and O–H groups in total. The summed E-state index contributed by atoms with van der Waals surface area (Å²) in [6.45, 7) is 16.2. The summed E-state index contributed by atoms with van der Waals surface area (Å²) in [6, 6.07) is 10.2. The number of anilines is 3. The Bertz CT molecular complexity index is 3740. The zero-order valence-corrected chi connectivity index (χ0v) is 52.6. The number of nitrogens with zero attached hydrogens (tertiary/aromatic N) is 12. The number of aryl methyl sites for hydroxylation is 2. The molecule has 5 atom stereocenters. The van der Waals surface area contributed by atoms with Crippen molar-refractivity contribution in [1.82, 2.24) is 65.0 Å². The fourth-order valence-corrected chi connectivity index (χ4v) is 14.4. The van der Waals surface area contributed by atoms with Gasteiger partial charge >= 0.3 is 5.97 Å². The van der Waals surface area contributed by atoms with Gasteiger partial charge in [-0.3, -0.25) is 24.4 Å². The van der Waals surface area contributed by atoms with Gasteiger partial charge in [0.05, 0.1) is 45.9 Å². The van der Waals surface area contributed by atoms with Gasteiger partial charge < -0.3 is 59.9 Å². The number of pyridine rings is 2. The lowest BCUT2D eigenvalue weighted by atomic mass is 9.81. The van der Waals surface area contributed by atoms with Crippen molar-refractivity contribution in [3.8, 4) is 0 Å².